The quantitative estimate of drug-likeness (QED) is 0.151. The fourth-order valence-corrected chi connectivity index (χ4v) is 8.99. The standard InChI is InChI=1S/C41H56FN7O10S/c1-10-30-41(7)34(44-38(54)59-41)25(4)32(51)23(2)22-39(5,55-19-13-14-26-15-16-28(60-26)35-45-47-49(46-35)18-12-11-17-43)31(21-29(50)40(6,42)37(53)58-30)57-36-33(52)27(48(8)9)20-24(3)56-36/h15-16,23-25,27,30-31,33-34,36,52H,10-12,18-22H2,1-9H3,(H,44,54)/t23-,24-,25-,27+,30+,31-,33-,34?,36?,39+,40+,41-/m1/s1. The highest BCUT2D eigenvalue weighted by atomic mass is 32.1. The molecule has 0 bridgehead atoms. The summed E-state index contributed by atoms with van der Waals surface area (Å²) in [6.45, 7) is 10.9. The van der Waals surface area contributed by atoms with E-state index in [4.69, 9.17) is 28.9 Å². The van der Waals surface area contributed by atoms with E-state index in [9.17, 15) is 24.3 Å². The molecule has 3 saturated heterocycles. The van der Waals surface area contributed by atoms with Crippen LogP contribution in [0.2, 0.25) is 0 Å². The summed E-state index contributed by atoms with van der Waals surface area (Å²) in [7, 11) is 3.60. The average Bonchev–Trinajstić information content (AvgIpc) is 3.94. The summed E-state index contributed by atoms with van der Waals surface area (Å²) in [6.07, 6.45) is -5.68. The molecule has 12 atom stereocenters. The Kier molecular flexibility index (Phi) is 14.9. The third-order valence-electron chi connectivity index (χ3n) is 11.8. The number of esters is 1. The Morgan fingerprint density at radius 2 is 1.90 bits per heavy atom. The van der Waals surface area contributed by atoms with Gasteiger partial charge in [0.1, 0.15) is 24.6 Å². The van der Waals surface area contributed by atoms with Crippen LogP contribution in [0.5, 0.6) is 0 Å². The predicted octanol–water partition coefficient (Wildman–Crippen LogP) is 3.76. The van der Waals surface area contributed by atoms with Crippen LogP contribution >= 0.6 is 11.3 Å². The third kappa shape index (κ3) is 10.2. The zero-order valence-electron chi connectivity index (χ0n) is 35.6. The lowest BCUT2D eigenvalue weighted by Crippen LogP contribution is -2.60. The van der Waals surface area contributed by atoms with Crippen LogP contribution in [0.25, 0.3) is 10.7 Å². The molecule has 3 aliphatic heterocycles. The molecule has 17 nitrogen and oxygen atoms in total. The van der Waals surface area contributed by atoms with Gasteiger partial charge in [-0.3, -0.25) is 9.59 Å². The van der Waals surface area contributed by atoms with Gasteiger partial charge in [0.05, 0.1) is 46.2 Å². The maximum atomic E-state index is 16.7. The number of aliphatic hydroxyl groups excluding tert-OH is 1. The number of carbonyl (C=O) groups is 4. The maximum Gasteiger partial charge on any atom is 0.408 e. The first-order valence-corrected chi connectivity index (χ1v) is 21.0. The largest absolute Gasteiger partial charge is 0.455 e. The number of nitrogens with one attached hydrogen (secondary N) is 1. The number of unbranched alkanes of at least 4 members (excludes halogenated alkanes) is 1. The number of cyclic esters (lactones) is 1. The molecule has 328 valence electrons. The first kappa shape index (κ1) is 46.7. The number of rotatable bonds is 10. The minimum atomic E-state index is -3.20. The molecule has 19 heteroatoms. The van der Waals surface area contributed by atoms with Crippen molar-refractivity contribution in [3.63, 3.8) is 0 Å². The van der Waals surface area contributed by atoms with Crippen LogP contribution in [0.4, 0.5) is 9.18 Å². The molecule has 60 heavy (non-hydrogen) atoms. The van der Waals surface area contributed by atoms with Crippen LogP contribution in [0.1, 0.15) is 91.9 Å². The van der Waals surface area contributed by atoms with Gasteiger partial charge >= 0.3 is 12.1 Å². The number of thiophene rings is 1. The Labute approximate surface area is 353 Å². The number of alkyl carbamates (subject to hydrolysis) is 1. The Morgan fingerprint density at radius 3 is 2.58 bits per heavy atom. The molecule has 3 fully saturated rings. The van der Waals surface area contributed by atoms with E-state index in [2.05, 4.69) is 38.6 Å². The summed E-state index contributed by atoms with van der Waals surface area (Å²) >= 11 is 1.32. The number of nitrogens with zero attached hydrogens (tertiary/aromatic N) is 6. The van der Waals surface area contributed by atoms with Crippen molar-refractivity contribution in [2.45, 2.75) is 153 Å². The number of aromatic nitrogens is 4. The van der Waals surface area contributed by atoms with Gasteiger partial charge in [0, 0.05) is 30.7 Å². The number of ketones is 2. The molecule has 3 aliphatic rings. The van der Waals surface area contributed by atoms with Gasteiger partial charge in [0.25, 0.3) is 5.67 Å². The van der Waals surface area contributed by atoms with E-state index in [1.54, 1.807) is 53.9 Å². The second-order valence-corrected chi connectivity index (χ2v) is 17.7. The van der Waals surface area contributed by atoms with E-state index in [1.165, 1.54) is 23.1 Å². The first-order chi connectivity index (χ1) is 28.2. The van der Waals surface area contributed by atoms with Crippen molar-refractivity contribution in [1.29, 1.82) is 5.26 Å². The number of carbonyl (C=O) groups excluding carboxylic acids is 4. The summed E-state index contributed by atoms with van der Waals surface area (Å²) in [4.78, 5) is 59.4. The molecule has 0 aliphatic carbocycles. The van der Waals surface area contributed by atoms with Crippen molar-refractivity contribution in [2.75, 3.05) is 20.7 Å². The van der Waals surface area contributed by atoms with Crippen molar-refractivity contribution in [1.82, 2.24) is 30.4 Å². The topological polar surface area (TPSA) is 217 Å². The van der Waals surface area contributed by atoms with E-state index >= 15 is 4.39 Å². The molecule has 2 aromatic heterocycles. The highest BCUT2D eigenvalue weighted by molar-refractivity contribution is 7.15. The van der Waals surface area contributed by atoms with E-state index < -0.39 is 89.7 Å². The van der Waals surface area contributed by atoms with Gasteiger partial charge in [-0.15, -0.1) is 21.5 Å². The highest BCUT2D eigenvalue weighted by Crippen LogP contribution is 2.40. The fourth-order valence-electron chi connectivity index (χ4n) is 8.18. The molecular formula is C41H56FN7O10S. The summed E-state index contributed by atoms with van der Waals surface area (Å²) in [5, 5.41) is 35.5. The van der Waals surface area contributed by atoms with Crippen molar-refractivity contribution in [3.8, 4) is 28.6 Å². The monoisotopic (exact) mass is 857 g/mol. The van der Waals surface area contributed by atoms with Gasteiger partial charge in [0.2, 0.25) is 5.82 Å². The number of fused-ring (bicyclic) bond motifs is 1. The fraction of sp³-hybridized carbons (Fsp3) is 0.707. The van der Waals surface area contributed by atoms with Crippen LogP contribution in [-0.2, 0) is 44.6 Å². The van der Waals surface area contributed by atoms with Crippen LogP contribution in [0.3, 0.4) is 0 Å². The minimum Gasteiger partial charge on any atom is -0.455 e. The second-order valence-electron chi connectivity index (χ2n) is 16.7. The van der Waals surface area contributed by atoms with Gasteiger partial charge in [0.15, 0.2) is 17.7 Å². The predicted molar refractivity (Wildman–Crippen MR) is 214 cm³/mol. The Balaban J connectivity index is 1.50. The molecular weight excluding hydrogens is 802 g/mol. The van der Waals surface area contributed by atoms with Gasteiger partial charge in [-0.1, -0.05) is 32.6 Å². The summed E-state index contributed by atoms with van der Waals surface area (Å²) in [5.41, 5.74) is -6.38. The molecule has 0 spiro atoms. The van der Waals surface area contributed by atoms with Gasteiger partial charge in [-0.05, 0) is 84.8 Å². The molecule has 5 rings (SSSR count). The number of amides is 1. The number of alkyl halides is 1. The van der Waals surface area contributed by atoms with Crippen LogP contribution in [0.15, 0.2) is 12.1 Å². The number of Topliss-reactive ketones (excluding diaryl/α,β-unsaturated/α-hetero) is 2. The third-order valence-corrected chi connectivity index (χ3v) is 12.8. The van der Waals surface area contributed by atoms with Crippen LogP contribution in [-0.4, -0.2) is 134 Å². The number of tetrazole rings is 1. The van der Waals surface area contributed by atoms with E-state index in [-0.39, 0.29) is 31.3 Å². The minimum absolute atomic E-state index is 0.0742. The number of aliphatic hydroxyl groups is 1. The molecule has 1 amide bonds. The number of likely N-dealkylation sites (N-methyl/N-ethyl adjacent to an activating group) is 1. The van der Waals surface area contributed by atoms with Crippen LogP contribution < -0.4 is 5.32 Å². The number of ether oxygens (including phenoxy) is 5. The zero-order valence-corrected chi connectivity index (χ0v) is 36.4. The normalized spacial score (nSPS) is 35.4. The van der Waals surface area contributed by atoms with Crippen molar-refractivity contribution >= 4 is 35.0 Å². The smallest absolute Gasteiger partial charge is 0.408 e. The lowest BCUT2D eigenvalue weighted by molar-refractivity contribution is -0.290. The lowest BCUT2D eigenvalue weighted by Gasteiger charge is -2.46. The summed E-state index contributed by atoms with van der Waals surface area (Å²) < 4.78 is 47.0. The van der Waals surface area contributed by atoms with E-state index in [1.807, 2.05) is 11.8 Å². The molecule has 0 saturated carbocycles. The number of aryl methyl sites for hydroxylation is 1. The molecule has 2 N–H and O–H groups in total. The van der Waals surface area contributed by atoms with E-state index in [0.29, 0.717) is 41.4 Å². The number of nitriles is 1. The Bertz CT molecular complexity index is 1990. The molecule has 5 heterocycles. The van der Waals surface area contributed by atoms with Gasteiger partial charge < -0.3 is 39.0 Å². The second kappa shape index (κ2) is 19.1. The Morgan fingerprint density at radius 1 is 1.17 bits per heavy atom. The van der Waals surface area contributed by atoms with Crippen molar-refractivity contribution in [3.05, 3.63) is 17.0 Å². The first-order valence-electron chi connectivity index (χ1n) is 20.2. The molecule has 2 unspecified atom stereocenters. The zero-order chi connectivity index (χ0) is 44.2. The van der Waals surface area contributed by atoms with Gasteiger partial charge in [-0.2, -0.15) is 10.1 Å². The summed E-state index contributed by atoms with van der Waals surface area (Å²) in [5.74, 6) is 1.75. The van der Waals surface area contributed by atoms with Crippen LogP contribution in [0, 0.1) is 35.0 Å². The Hall–Kier alpha value is -4.37. The number of hydrogen-bond donors (Lipinski definition) is 2. The number of halogens is 1. The summed E-state index contributed by atoms with van der Waals surface area (Å²) in [6, 6.07) is 4.28. The average molecular weight is 858 g/mol. The highest BCUT2D eigenvalue weighted by Gasteiger charge is 2.58. The van der Waals surface area contributed by atoms with E-state index in [0.717, 1.165) is 6.92 Å². The number of hydrogen-bond acceptors (Lipinski definition) is 16. The maximum absolute atomic E-state index is 16.7. The van der Waals surface area contributed by atoms with Crippen molar-refractivity contribution < 1.29 is 52.4 Å². The van der Waals surface area contributed by atoms with Gasteiger partial charge in [-0.25, -0.2) is 14.0 Å². The SMILES string of the molecule is CC[C@@H]1OC(=O)[C@@](C)(F)C(=O)C[C@@H](OC2O[C@H](C)C[C@H](N(C)C)[C@H]2O)[C@@](C)(OCC#Cc2ccc(-c3nnn(CCCC#N)n3)s2)C[C@@H](C)C(=O)[C@@H](C)C2NC(=O)O[C@@]21C. The lowest BCUT2D eigenvalue weighted by atomic mass is 9.75. The molecule has 2 aromatic rings. The van der Waals surface area contributed by atoms with Crippen molar-refractivity contribution in [2.24, 2.45) is 11.8 Å². The molecule has 0 aromatic carbocycles. The molecule has 0 radical (unpaired) electrons.